The molecule has 1 aromatic carbocycles. The van der Waals surface area contributed by atoms with E-state index >= 15 is 0 Å². The maximum absolute atomic E-state index is 10.3. The maximum atomic E-state index is 10.3. The molecule has 0 aliphatic carbocycles. The van der Waals surface area contributed by atoms with Gasteiger partial charge in [0, 0.05) is 32.7 Å². The Morgan fingerprint density at radius 3 is 2.09 bits per heavy atom. The van der Waals surface area contributed by atoms with Crippen LogP contribution in [0.1, 0.15) is 21.5 Å². The van der Waals surface area contributed by atoms with Crippen molar-refractivity contribution < 1.29 is 37.5 Å². The van der Waals surface area contributed by atoms with Gasteiger partial charge in [-0.1, -0.05) is 19.4 Å². The van der Waals surface area contributed by atoms with Crippen LogP contribution in [0.25, 0.3) is 0 Å². The smallest absolute Gasteiger partial charge is 0.126 e. The molecule has 0 saturated carbocycles. The molecule has 0 N–H and O–H groups in total. The standard InChI is InChI=1S/C9H9O.Y/c1-7-3-8(2)5-9(4-7)6-10;/h4-6H,1-2H3;/q-1;. The first-order chi connectivity index (χ1) is 4.72. The van der Waals surface area contributed by atoms with Crippen molar-refractivity contribution in [3.05, 3.63) is 34.9 Å². The minimum atomic E-state index is 0. The van der Waals surface area contributed by atoms with Crippen molar-refractivity contribution >= 4 is 6.29 Å². The third kappa shape index (κ3) is 3.26. The van der Waals surface area contributed by atoms with Crippen molar-refractivity contribution in [3.8, 4) is 0 Å². The first-order valence-electron chi connectivity index (χ1n) is 3.18. The molecular weight excluding hydrogens is 213 g/mol. The molecule has 0 atom stereocenters. The van der Waals surface area contributed by atoms with Gasteiger partial charge in [-0.25, -0.2) is 0 Å². The fraction of sp³-hybridized carbons (Fsp3) is 0.222. The Hall–Kier alpha value is -0.00610. The zero-order chi connectivity index (χ0) is 7.56. The number of hydrogen-bond donors (Lipinski definition) is 0. The molecule has 0 amide bonds. The van der Waals surface area contributed by atoms with Crippen LogP contribution in [0, 0.1) is 19.9 Å². The minimum Gasteiger partial charge on any atom is -0.300 e. The van der Waals surface area contributed by atoms with Crippen LogP contribution in [0.3, 0.4) is 0 Å². The number of aryl methyl sites for hydroxylation is 2. The second kappa shape index (κ2) is 4.79. The van der Waals surface area contributed by atoms with Crippen molar-refractivity contribution in [1.29, 1.82) is 0 Å². The molecule has 1 aromatic rings. The second-order valence-corrected chi connectivity index (χ2v) is 2.40. The van der Waals surface area contributed by atoms with Gasteiger partial charge in [0.25, 0.3) is 0 Å². The summed E-state index contributed by atoms with van der Waals surface area (Å²) in [7, 11) is 0. The third-order valence-electron chi connectivity index (χ3n) is 1.30. The molecule has 0 aliphatic rings. The summed E-state index contributed by atoms with van der Waals surface area (Å²) in [5, 5.41) is 0. The van der Waals surface area contributed by atoms with Crippen molar-refractivity contribution in [2.75, 3.05) is 0 Å². The molecule has 0 heterocycles. The first kappa shape index (κ1) is 11.0. The molecule has 2 heteroatoms. The van der Waals surface area contributed by atoms with Gasteiger partial charge >= 0.3 is 0 Å². The Kier molecular flexibility index (Phi) is 4.79. The Labute approximate surface area is 92.1 Å². The molecular formula is C9H9OY-. The van der Waals surface area contributed by atoms with E-state index in [2.05, 4.69) is 6.07 Å². The molecule has 0 spiro atoms. The van der Waals surface area contributed by atoms with Crippen LogP contribution in [0.15, 0.2) is 12.1 Å². The number of carbonyl (C=O) groups excluding carboxylic acids is 1. The van der Waals surface area contributed by atoms with Crippen LogP contribution >= 0.6 is 0 Å². The number of benzene rings is 1. The van der Waals surface area contributed by atoms with E-state index in [0.717, 1.165) is 23.0 Å². The van der Waals surface area contributed by atoms with Crippen molar-refractivity contribution in [2.45, 2.75) is 13.8 Å². The zero-order valence-corrected chi connectivity index (χ0v) is 9.56. The molecule has 0 saturated heterocycles. The van der Waals surface area contributed by atoms with Crippen molar-refractivity contribution in [2.24, 2.45) is 0 Å². The van der Waals surface area contributed by atoms with Gasteiger partial charge in [-0.05, 0) is 0 Å². The van der Waals surface area contributed by atoms with Crippen molar-refractivity contribution in [3.63, 3.8) is 0 Å². The predicted octanol–water partition coefficient (Wildman–Crippen LogP) is 1.91. The summed E-state index contributed by atoms with van der Waals surface area (Å²) in [6.45, 7) is 3.86. The number of carbonyl (C=O) groups is 1. The molecule has 0 unspecified atom stereocenters. The molecule has 0 aliphatic heterocycles. The molecule has 1 radical (unpaired) electrons. The predicted molar refractivity (Wildman–Crippen MR) is 40.1 cm³/mol. The van der Waals surface area contributed by atoms with Gasteiger partial charge in [-0.3, -0.25) is 0 Å². The van der Waals surface area contributed by atoms with E-state index in [0.29, 0.717) is 0 Å². The minimum absolute atomic E-state index is 0. The van der Waals surface area contributed by atoms with Crippen LogP contribution in [-0.4, -0.2) is 6.29 Å². The van der Waals surface area contributed by atoms with E-state index in [1.54, 1.807) is 0 Å². The summed E-state index contributed by atoms with van der Waals surface area (Å²) in [6, 6.07) is 6.72. The van der Waals surface area contributed by atoms with E-state index in [9.17, 15) is 4.79 Å². The quantitative estimate of drug-likeness (QED) is 0.524. The first-order valence-corrected chi connectivity index (χ1v) is 3.18. The number of rotatable bonds is 1. The van der Waals surface area contributed by atoms with Crippen LogP contribution in [0.5, 0.6) is 0 Å². The summed E-state index contributed by atoms with van der Waals surface area (Å²) >= 11 is 0. The van der Waals surface area contributed by atoms with E-state index in [4.69, 9.17) is 0 Å². The van der Waals surface area contributed by atoms with Crippen LogP contribution < -0.4 is 0 Å². The van der Waals surface area contributed by atoms with Gasteiger partial charge in [0.2, 0.25) is 0 Å². The monoisotopic (exact) mass is 222 g/mol. The molecule has 0 bridgehead atoms. The molecule has 1 rings (SSSR count). The molecule has 11 heavy (non-hydrogen) atoms. The SMILES string of the molecule is Cc1[c-]c(C)cc(C=O)c1.[Y]. The normalized spacial score (nSPS) is 8.55. The maximum Gasteiger partial charge on any atom is 0.126 e. The Balaban J connectivity index is 0.000001000. The van der Waals surface area contributed by atoms with Crippen molar-refractivity contribution in [1.82, 2.24) is 0 Å². The average molecular weight is 222 g/mol. The summed E-state index contributed by atoms with van der Waals surface area (Å²) in [6.07, 6.45) is 0.855. The number of hydrogen-bond acceptors (Lipinski definition) is 1. The summed E-state index contributed by atoms with van der Waals surface area (Å²) in [5.41, 5.74) is 2.76. The number of aldehydes is 1. The van der Waals surface area contributed by atoms with E-state index < -0.39 is 0 Å². The fourth-order valence-electron chi connectivity index (χ4n) is 0.993. The molecule has 0 aromatic heterocycles. The average Bonchev–Trinajstić information content (AvgIpc) is 1.85. The summed E-state index contributed by atoms with van der Waals surface area (Å²) < 4.78 is 0. The van der Waals surface area contributed by atoms with Gasteiger partial charge in [0.1, 0.15) is 6.29 Å². The Morgan fingerprint density at radius 1 is 1.27 bits per heavy atom. The summed E-state index contributed by atoms with van der Waals surface area (Å²) in [5.74, 6) is 0. The largest absolute Gasteiger partial charge is 0.300 e. The molecule has 55 valence electrons. The topological polar surface area (TPSA) is 17.1 Å². The van der Waals surface area contributed by atoms with Gasteiger partial charge in [-0.15, -0.1) is 0 Å². The molecule has 0 fully saturated rings. The van der Waals surface area contributed by atoms with Crippen LogP contribution in [0.2, 0.25) is 0 Å². The van der Waals surface area contributed by atoms with Crippen LogP contribution in [-0.2, 0) is 32.7 Å². The Bertz CT molecular complexity index is 235. The third-order valence-corrected chi connectivity index (χ3v) is 1.30. The van der Waals surface area contributed by atoms with Gasteiger partial charge in [-0.2, -0.15) is 29.3 Å². The van der Waals surface area contributed by atoms with Gasteiger partial charge in [0.15, 0.2) is 0 Å². The summed E-state index contributed by atoms with van der Waals surface area (Å²) in [4.78, 5) is 10.3. The van der Waals surface area contributed by atoms with E-state index in [-0.39, 0.29) is 32.7 Å². The van der Waals surface area contributed by atoms with E-state index in [1.165, 1.54) is 0 Å². The second-order valence-electron chi connectivity index (χ2n) is 2.40. The Morgan fingerprint density at radius 2 is 1.73 bits per heavy atom. The zero-order valence-electron chi connectivity index (χ0n) is 6.72. The van der Waals surface area contributed by atoms with Gasteiger partial charge < -0.3 is 4.79 Å². The molecule has 1 nitrogen and oxygen atoms in total. The van der Waals surface area contributed by atoms with E-state index in [1.807, 2.05) is 26.0 Å². The van der Waals surface area contributed by atoms with Crippen LogP contribution in [0.4, 0.5) is 0 Å². The fourth-order valence-corrected chi connectivity index (χ4v) is 0.993. The van der Waals surface area contributed by atoms with Gasteiger partial charge in [0.05, 0.1) is 0 Å².